The highest BCUT2D eigenvalue weighted by Crippen LogP contribution is 2.29. The number of hydrogen-bond donors (Lipinski definition) is 1. The smallest absolute Gasteiger partial charge is 0.306 e. The molecule has 0 aromatic heterocycles. The fourth-order valence-electron chi connectivity index (χ4n) is 2.16. The SMILES string of the molecule is O=C(CCC(=O)OCC(=O)c1ccc(Cl)c([N+](=O)[O-])c1)Nc1cccc(Cl)c1Cl. The van der Waals surface area contributed by atoms with E-state index < -0.39 is 34.9 Å². The fraction of sp³-hybridized carbons (Fsp3) is 0.167. The maximum absolute atomic E-state index is 12.0. The number of nitro benzene ring substituents is 1. The summed E-state index contributed by atoms with van der Waals surface area (Å²) in [5.41, 5.74) is -0.153. The monoisotopic (exact) mass is 458 g/mol. The lowest BCUT2D eigenvalue weighted by Crippen LogP contribution is -2.17. The number of Topliss-reactive ketones (excluding diaryl/α,β-unsaturated/α-hetero) is 1. The number of nitrogens with one attached hydrogen (secondary N) is 1. The molecule has 0 unspecified atom stereocenters. The number of ketones is 1. The zero-order chi connectivity index (χ0) is 21.6. The lowest BCUT2D eigenvalue weighted by atomic mass is 10.1. The van der Waals surface area contributed by atoms with Gasteiger partial charge in [-0.15, -0.1) is 0 Å². The first-order valence-electron chi connectivity index (χ1n) is 8.05. The van der Waals surface area contributed by atoms with Crippen LogP contribution in [-0.2, 0) is 14.3 Å². The summed E-state index contributed by atoms with van der Waals surface area (Å²) < 4.78 is 4.81. The van der Waals surface area contributed by atoms with Crippen molar-refractivity contribution in [2.75, 3.05) is 11.9 Å². The Labute approximate surface area is 179 Å². The van der Waals surface area contributed by atoms with Crippen molar-refractivity contribution in [2.24, 2.45) is 0 Å². The van der Waals surface area contributed by atoms with Gasteiger partial charge in [-0.1, -0.05) is 40.9 Å². The normalized spacial score (nSPS) is 10.3. The lowest BCUT2D eigenvalue weighted by Gasteiger charge is -2.08. The molecule has 8 nitrogen and oxygen atoms in total. The molecule has 29 heavy (non-hydrogen) atoms. The molecule has 0 aliphatic carbocycles. The average Bonchev–Trinajstić information content (AvgIpc) is 2.68. The van der Waals surface area contributed by atoms with Crippen LogP contribution in [0.2, 0.25) is 15.1 Å². The summed E-state index contributed by atoms with van der Waals surface area (Å²) >= 11 is 17.5. The van der Waals surface area contributed by atoms with E-state index in [-0.39, 0.29) is 33.5 Å². The molecule has 2 aromatic carbocycles. The minimum absolute atomic E-state index is 0.0257. The van der Waals surface area contributed by atoms with E-state index in [1.54, 1.807) is 18.2 Å². The zero-order valence-electron chi connectivity index (χ0n) is 14.6. The highest BCUT2D eigenvalue weighted by atomic mass is 35.5. The Kier molecular flexibility index (Phi) is 7.95. The van der Waals surface area contributed by atoms with Crippen molar-refractivity contribution in [3.8, 4) is 0 Å². The molecule has 0 radical (unpaired) electrons. The van der Waals surface area contributed by atoms with Crippen molar-refractivity contribution in [2.45, 2.75) is 12.8 Å². The van der Waals surface area contributed by atoms with Crippen LogP contribution in [0.15, 0.2) is 36.4 Å². The number of anilines is 1. The third-order valence-corrected chi connectivity index (χ3v) is 4.75. The Morgan fingerprint density at radius 2 is 1.76 bits per heavy atom. The summed E-state index contributed by atoms with van der Waals surface area (Å²) in [5.74, 6) is -1.92. The number of nitrogens with zero attached hydrogens (tertiary/aromatic N) is 1. The van der Waals surface area contributed by atoms with Crippen molar-refractivity contribution in [3.63, 3.8) is 0 Å². The number of amides is 1. The molecule has 0 saturated carbocycles. The molecule has 1 amide bonds. The van der Waals surface area contributed by atoms with Gasteiger partial charge in [0.05, 0.1) is 27.1 Å². The first-order chi connectivity index (χ1) is 13.7. The summed E-state index contributed by atoms with van der Waals surface area (Å²) in [6, 6.07) is 8.21. The Bertz CT molecular complexity index is 980. The topological polar surface area (TPSA) is 116 Å². The molecule has 1 N–H and O–H groups in total. The van der Waals surface area contributed by atoms with Crippen LogP contribution in [-0.4, -0.2) is 29.2 Å². The summed E-state index contributed by atoms with van der Waals surface area (Å²) in [6.45, 7) is -0.626. The zero-order valence-corrected chi connectivity index (χ0v) is 16.9. The summed E-state index contributed by atoms with van der Waals surface area (Å²) in [5, 5.41) is 13.7. The molecule has 0 saturated heterocycles. The number of carbonyl (C=O) groups excluding carboxylic acids is 3. The number of ether oxygens (including phenoxy) is 1. The Morgan fingerprint density at radius 1 is 1.03 bits per heavy atom. The van der Waals surface area contributed by atoms with Gasteiger partial charge in [0.15, 0.2) is 6.61 Å². The summed E-state index contributed by atoms with van der Waals surface area (Å²) in [6.07, 6.45) is -0.486. The molecule has 0 atom stereocenters. The molecule has 11 heteroatoms. The number of benzene rings is 2. The second-order valence-corrected chi connectivity index (χ2v) is 6.85. The molecule has 152 valence electrons. The standard InChI is InChI=1S/C18H13Cl3N2O6/c19-11-5-4-10(8-14(11)23(27)28)15(24)9-29-17(26)7-6-16(25)22-13-3-1-2-12(20)18(13)21/h1-5,8H,6-7,9H2,(H,22,25). The van der Waals surface area contributed by atoms with Gasteiger partial charge in [0, 0.05) is 18.1 Å². The van der Waals surface area contributed by atoms with Crippen molar-refractivity contribution in [3.05, 3.63) is 67.1 Å². The maximum atomic E-state index is 12.0. The van der Waals surface area contributed by atoms with E-state index >= 15 is 0 Å². The van der Waals surface area contributed by atoms with Gasteiger partial charge in [-0.3, -0.25) is 24.5 Å². The van der Waals surface area contributed by atoms with Gasteiger partial charge in [-0.2, -0.15) is 0 Å². The number of carbonyl (C=O) groups is 3. The maximum Gasteiger partial charge on any atom is 0.306 e. The van der Waals surface area contributed by atoms with Crippen LogP contribution in [0.5, 0.6) is 0 Å². The quantitative estimate of drug-likeness (QED) is 0.265. The Hall–Kier alpha value is -2.68. The van der Waals surface area contributed by atoms with E-state index in [2.05, 4.69) is 5.32 Å². The second kappa shape index (κ2) is 10.2. The van der Waals surface area contributed by atoms with E-state index in [1.807, 2.05) is 0 Å². The summed E-state index contributed by atoms with van der Waals surface area (Å²) in [4.78, 5) is 45.8. The van der Waals surface area contributed by atoms with Crippen molar-refractivity contribution < 1.29 is 24.0 Å². The van der Waals surface area contributed by atoms with Crippen LogP contribution in [0.3, 0.4) is 0 Å². The van der Waals surface area contributed by atoms with Crippen LogP contribution < -0.4 is 5.32 Å². The van der Waals surface area contributed by atoms with Gasteiger partial charge < -0.3 is 10.1 Å². The molecule has 0 bridgehead atoms. The fourth-order valence-corrected chi connectivity index (χ4v) is 2.69. The lowest BCUT2D eigenvalue weighted by molar-refractivity contribution is -0.384. The number of nitro groups is 1. The van der Waals surface area contributed by atoms with E-state index in [1.165, 1.54) is 12.1 Å². The van der Waals surface area contributed by atoms with E-state index in [0.717, 1.165) is 6.07 Å². The van der Waals surface area contributed by atoms with Gasteiger partial charge in [0.25, 0.3) is 5.69 Å². The van der Waals surface area contributed by atoms with Crippen molar-refractivity contribution >= 4 is 63.8 Å². The van der Waals surface area contributed by atoms with Crippen LogP contribution in [0, 0.1) is 10.1 Å². The van der Waals surface area contributed by atoms with Gasteiger partial charge in [-0.05, 0) is 24.3 Å². The van der Waals surface area contributed by atoms with E-state index in [0.29, 0.717) is 5.69 Å². The first kappa shape index (κ1) is 22.6. The highest BCUT2D eigenvalue weighted by Gasteiger charge is 2.18. The van der Waals surface area contributed by atoms with Gasteiger partial charge >= 0.3 is 5.97 Å². The van der Waals surface area contributed by atoms with Gasteiger partial charge in [0.2, 0.25) is 11.7 Å². The molecule has 0 fully saturated rings. The molecule has 2 aromatic rings. The van der Waals surface area contributed by atoms with Gasteiger partial charge in [-0.25, -0.2) is 0 Å². The molecule has 0 aliphatic rings. The van der Waals surface area contributed by atoms with Crippen molar-refractivity contribution in [1.82, 2.24) is 0 Å². The van der Waals surface area contributed by atoms with Crippen LogP contribution in [0.4, 0.5) is 11.4 Å². The minimum atomic E-state index is -0.783. The molecule has 2 rings (SSSR count). The number of hydrogen-bond acceptors (Lipinski definition) is 6. The predicted molar refractivity (Wildman–Crippen MR) is 108 cm³/mol. The molecule has 0 spiro atoms. The predicted octanol–water partition coefficient (Wildman–Crippen LogP) is 4.70. The third-order valence-electron chi connectivity index (χ3n) is 3.61. The minimum Gasteiger partial charge on any atom is -0.457 e. The van der Waals surface area contributed by atoms with Crippen LogP contribution in [0.1, 0.15) is 23.2 Å². The first-order valence-corrected chi connectivity index (χ1v) is 9.19. The van der Waals surface area contributed by atoms with Crippen LogP contribution in [0.25, 0.3) is 0 Å². The molecular formula is C18H13Cl3N2O6. The average molecular weight is 460 g/mol. The molecule has 0 heterocycles. The van der Waals surface area contributed by atoms with E-state index in [9.17, 15) is 24.5 Å². The van der Waals surface area contributed by atoms with E-state index in [4.69, 9.17) is 39.5 Å². The highest BCUT2D eigenvalue weighted by molar-refractivity contribution is 6.44. The van der Waals surface area contributed by atoms with Gasteiger partial charge in [0.1, 0.15) is 5.02 Å². The second-order valence-electron chi connectivity index (χ2n) is 5.66. The third kappa shape index (κ3) is 6.42. The summed E-state index contributed by atoms with van der Waals surface area (Å²) in [7, 11) is 0. The Balaban J connectivity index is 1.83. The largest absolute Gasteiger partial charge is 0.457 e. The molecule has 0 aliphatic heterocycles. The Morgan fingerprint density at radius 3 is 2.45 bits per heavy atom. The number of esters is 1. The number of halogens is 3. The molecular weight excluding hydrogens is 447 g/mol. The van der Waals surface area contributed by atoms with Crippen LogP contribution >= 0.6 is 34.8 Å². The number of rotatable bonds is 8. The van der Waals surface area contributed by atoms with Crippen molar-refractivity contribution in [1.29, 1.82) is 0 Å².